The van der Waals surface area contributed by atoms with Crippen molar-refractivity contribution in [2.24, 2.45) is 0 Å². The van der Waals surface area contributed by atoms with Crippen molar-refractivity contribution < 1.29 is 19.1 Å². The molecule has 0 aliphatic rings. The van der Waals surface area contributed by atoms with Gasteiger partial charge in [0.25, 0.3) is 0 Å². The maximum Gasteiger partial charge on any atom is 0.408 e. The maximum absolute atomic E-state index is 13.7. The van der Waals surface area contributed by atoms with Gasteiger partial charge in [0.2, 0.25) is 11.8 Å². The number of benzene rings is 2. The summed E-state index contributed by atoms with van der Waals surface area (Å²) < 4.78 is 5.33. The molecule has 35 heavy (non-hydrogen) atoms. The second kappa shape index (κ2) is 13.2. The van der Waals surface area contributed by atoms with Gasteiger partial charge < -0.3 is 20.3 Å². The lowest BCUT2D eigenvalue weighted by Crippen LogP contribution is -2.54. The first-order chi connectivity index (χ1) is 16.6. The average molecular weight is 500 g/mol. The van der Waals surface area contributed by atoms with Crippen LogP contribution < -0.4 is 10.6 Å². The van der Waals surface area contributed by atoms with E-state index in [-0.39, 0.29) is 11.7 Å². The molecule has 0 aliphatic carbocycles. The molecule has 0 spiro atoms. The molecule has 2 aromatic rings. The Labute approximate surface area is 214 Å². The van der Waals surface area contributed by atoms with Crippen LogP contribution in [-0.2, 0) is 20.9 Å². The Morgan fingerprint density at radius 1 is 1.03 bits per heavy atom. The number of ether oxygens (including phenoxy) is 1. The van der Waals surface area contributed by atoms with Gasteiger partial charge in [-0.1, -0.05) is 61.5 Å². The largest absolute Gasteiger partial charge is 0.444 e. The minimum Gasteiger partial charge on any atom is -0.444 e. The van der Waals surface area contributed by atoms with E-state index in [0.29, 0.717) is 19.5 Å². The van der Waals surface area contributed by atoms with E-state index in [2.05, 4.69) is 23.3 Å². The highest BCUT2D eigenvalue weighted by atomic mass is 32.1. The van der Waals surface area contributed by atoms with E-state index in [0.717, 1.165) is 16.7 Å². The molecule has 2 N–H and O–H groups in total. The molecule has 190 valence electrons. The van der Waals surface area contributed by atoms with Crippen molar-refractivity contribution in [1.82, 2.24) is 15.5 Å². The number of alkyl carbamates (subject to hydrolysis) is 1. The van der Waals surface area contributed by atoms with Crippen LogP contribution in [0.3, 0.4) is 0 Å². The van der Waals surface area contributed by atoms with Crippen LogP contribution in [0.5, 0.6) is 0 Å². The van der Waals surface area contributed by atoms with Crippen molar-refractivity contribution in [2.75, 3.05) is 12.3 Å². The number of nitrogens with zero attached hydrogens (tertiary/aromatic N) is 1. The van der Waals surface area contributed by atoms with Crippen molar-refractivity contribution in [3.8, 4) is 0 Å². The van der Waals surface area contributed by atoms with Gasteiger partial charge in [0, 0.05) is 18.8 Å². The molecule has 7 nitrogen and oxygen atoms in total. The molecule has 2 rings (SSSR count). The summed E-state index contributed by atoms with van der Waals surface area (Å²) in [5, 5.41) is 5.60. The van der Waals surface area contributed by atoms with Gasteiger partial charge in [-0.05, 0) is 50.8 Å². The summed E-state index contributed by atoms with van der Waals surface area (Å²) in [6.45, 7) is 9.76. The third-order valence-corrected chi connectivity index (χ3v) is 5.64. The highest BCUT2D eigenvalue weighted by molar-refractivity contribution is 7.80. The molecule has 0 fully saturated rings. The number of carbonyl (C=O) groups is 3. The van der Waals surface area contributed by atoms with Crippen LogP contribution in [0.15, 0.2) is 54.6 Å². The molecule has 0 saturated heterocycles. The van der Waals surface area contributed by atoms with Crippen molar-refractivity contribution in [2.45, 2.75) is 65.3 Å². The van der Waals surface area contributed by atoms with Gasteiger partial charge in [-0.3, -0.25) is 9.59 Å². The zero-order valence-corrected chi connectivity index (χ0v) is 22.1. The minimum absolute atomic E-state index is 0.0599. The molecule has 0 aliphatic heterocycles. The molecule has 2 aromatic carbocycles. The van der Waals surface area contributed by atoms with E-state index in [1.54, 1.807) is 20.8 Å². The summed E-state index contributed by atoms with van der Waals surface area (Å²) in [6, 6.07) is 15.3. The standard InChI is InChI=1S/C27H37N3O4S/c1-6-16-30(25(32)22(18-35)29-26(33)34-27(3,4)5)23(21-15-11-10-12-19(21)2)24(31)28-17-20-13-8-7-9-14-20/h7-15,22-23,35H,6,16-18H2,1-5H3,(H,28,31)(H,29,33). The minimum atomic E-state index is -0.951. The smallest absolute Gasteiger partial charge is 0.408 e. The quantitative estimate of drug-likeness (QED) is 0.423. The van der Waals surface area contributed by atoms with Gasteiger partial charge in [0.15, 0.2) is 0 Å². The fourth-order valence-electron chi connectivity index (χ4n) is 3.67. The van der Waals surface area contributed by atoms with Gasteiger partial charge in [-0.2, -0.15) is 12.6 Å². The number of carbonyl (C=O) groups excluding carboxylic acids is 3. The molecule has 0 bridgehead atoms. The van der Waals surface area contributed by atoms with Crippen LogP contribution in [0.1, 0.15) is 56.8 Å². The molecule has 2 atom stereocenters. The lowest BCUT2D eigenvalue weighted by atomic mass is 9.98. The van der Waals surface area contributed by atoms with Crippen molar-refractivity contribution in [3.63, 3.8) is 0 Å². The first kappa shape index (κ1) is 28.2. The van der Waals surface area contributed by atoms with E-state index in [1.165, 1.54) is 4.90 Å². The van der Waals surface area contributed by atoms with Gasteiger partial charge in [-0.25, -0.2) is 4.79 Å². The van der Waals surface area contributed by atoms with Crippen LogP contribution in [0.2, 0.25) is 0 Å². The van der Waals surface area contributed by atoms with Gasteiger partial charge in [-0.15, -0.1) is 0 Å². The first-order valence-corrected chi connectivity index (χ1v) is 12.5. The fraction of sp³-hybridized carbons (Fsp3) is 0.444. The van der Waals surface area contributed by atoms with Crippen molar-refractivity contribution in [3.05, 3.63) is 71.3 Å². The lowest BCUT2D eigenvalue weighted by Gasteiger charge is -2.34. The van der Waals surface area contributed by atoms with Crippen molar-refractivity contribution in [1.29, 1.82) is 0 Å². The lowest BCUT2D eigenvalue weighted by molar-refractivity contribution is -0.142. The average Bonchev–Trinajstić information content (AvgIpc) is 2.81. The number of rotatable bonds is 10. The zero-order valence-electron chi connectivity index (χ0n) is 21.2. The monoisotopic (exact) mass is 499 g/mol. The zero-order chi connectivity index (χ0) is 26.0. The Bertz CT molecular complexity index is 991. The van der Waals surface area contributed by atoms with Crippen LogP contribution in [0.4, 0.5) is 4.79 Å². The Balaban J connectivity index is 2.37. The predicted octanol–water partition coefficient (Wildman–Crippen LogP) is 4.41. The maximum atomic E-state index is 13.7. The molecular formula is C27H37N3O4S. The summed E-state index contributed by atoms with van der Waals surface area (Å²) in [6.07, 6.45) is -0.0754. The summed E-state index contributed by atoms with van der Waals surface area (Å²) in [4.78, 5) is 41.2. The molecule has 0 saturated carbocycles. The highest BCUT2D eigenvalue weighted by Crippen LogP contribution is 2.26. The Morgan fingerprint density at radius 3 is 2.23 bits per heavy atom. The molecule has 0 aromatic heterocycles. The van der Waals surface area contributed by atoms with E-state index in [9.17, 15) is 14.4 Å². The van der Waals surface area contributed by atoms with E-state index >= 15 is 0 Å². The summed E-state index contributed by atoms with van der Waals surface area (Å²) in [7, 11) is 0. The normalized spacial score (nSPS) is 12.9. The first-order valence-electron chi connectivity index (χ1n) is 11.9. The van der Waals surface area contributed by atoms with E-state index < -0.39 is 29.7 Å². The SMILES string of the molecule is CCCN(C(=O)C(CS)NC(=O)OC(C)(C)C)C(C(=O)NCc1ccccc1)c1ccccc1C. The number of thiol groups is 1. The summed E-state index contributed by atoms with van der Waals surface area (Å²) >= 11 is 4.30. The molecular weight excluding hydrogens is 462 g/mol. The molecule has 0 heterocycles. The van der Waals surface area contributed by atoms with Gasteiger partial charge in [0.1, 0.15) is 17.7 Å². The molecule has 2 unspecified atom stereocenters. The number of aryl methyl sites for hydroxylation is 1. The Hall–Kier alpha value is -3.00. The highest BCUT2D eigenvalue weighted by Gasteiger charge is 2.36. The fourth-order valence-corrected chi connectivity index (χ4v) is 3.92. The van der Waals surface area contributed by atoms with Gasteiger partial charge >= 0.3 is 6.09 Å². The third-order valence-electron chi connectivity index (χ3n) is 5.27. The summed E-state index contributed by atoms with van der Waals surface area (Å²) in [5.41, 5.74) is 1.87. The topological polar surface area (TPSA) is 87.7 Å². The Morgan fingerprint density at radius 2 is 1.66 bits per heavy atom. The van der Waals surface area contributed by atoms with Crippen molar-refractivity contribution >= 4 is 30.5 Å². The van der Waals surface area contributed by atoms with E-state index in [1.807, 2.05) is 68.4 Å². The number of amides is 3. The van der Waals surface area contributed by atoms with Crippen LogP contribution >= 0.6 is 12.6 Å². The second-order valence-corrected chi connectivity index (χ2v) is 9.74. The van der Waals surface area contributed by atoms with Crippen LogP contribution in [-0.4, -0.2) is 46.7 Å². The third kappa shape index (κ3) is 8.62. The predicted molar refractivity (Wildman–Crippen MR) is 141 cm³/mol. The molecule has 3 amide bonds. The van der Waals surface area contributed by atoms with E-state index in [4.69, 9.17) is 4.74 Å². The summed E-state index contributed by atoms with van der Waals surface area (Å²) in [5.74, 6) is -0.624. The second-order valence-electron chi connectivity index (χ2n) is 9.38. The Kier molecular flexibility index (Phi) is 10.6. The molecule has 8 heteroatoms. The number of hydrogen-bond acceptors (Lipinski definition) is 5. The van der Waals surface area contributed by atoms with Crippen LogP contribution in [0.25, 0.3) is 0 Å². The number of hydrogen-bond donors (Lipinski definition) is 3. The molecule has 0 radical (unpaired) electrons. The van der Waals surface area contributed by atoms with Crippen LogP contribution in [0, 0.1) is 6.92 Å². The van der Waals surface area contributed by atoms with Gasteiger partial charge in [0.05, 0.1) is 0 Å². The number of nitrogens with one attached hydrogen (secondary N) is 2.